The minimum atomic E-state index is -0.0958. The van der Waals surface area contributed by atoms with Crippen molar-refractivity contribution >= 4 is 11.6 Å². The fourth-order valence-corrected chi connectivity index (χ4v) is 1.89. The molecule has 0 heterocycles. The molecule has 0 atom stereocenters. The van der Waals surface area contributed by atoms with E-state index >= 15 is 0 Å². The quantitative estimate of drug-likeness (QED) is 0.879. The van der Waals surface area contributed by atoms with Gasteiger partial charge in [0.15, 0.2) is 0 Å². The van der Waals surface area contributed by atoms with E-state index in [1.54, 1.807) is 31.4 Å². The summed E-state index contributed by atoms with van der Waals surface area (Å²) in [6.45, 7) is 0. The first-order valence-corrected chi connectivity index (χ1v) is 6.40. The van der Waals surface area contributed by atoms with Gasteiger partial charge in [-0.2, -0.15) is 0 Å². The van der Waals surface area contributed by atoms with E-state index in [-0.39, 0.29) is 11.7 Å². The van der Waals surface area contributed by atoms with E-state index in [0.29, 0.717) is 24.3 Å². The van der Waals surface area contributed by atoms with E-state index in [1.807, 2.05) is 24.3 Å². The SMILES string of the molecule is COc1cccc(NC(=O)CCc2ccccc2O)c1. The molecule has 104 valence electrons. The zero-order valence-electron chi connectivity index (χ0n) is 11.3. The van der Waals surface area contributed by atoms with Gasteiger partial charge < -0.3 is 15.2 Å². The Morgan fingerprint density at radius 2 is 2.00 bits per heavy atom. The molecule has 0 fully saturated rings. The summed E-state index contributed by atoms with van der Waals surface area (Å²) in [7, 11) is 1.58. The average molecular weight is 271 g/mol. The van der Waals surface area contributed by atoms with Gasteiger partial charge in [-0.3, -0.25) is 4.79 Å². The number of para-hydroxylation sites is 1. The number of anilines is 1. The molecule has 0 saturated carbocycles. The van der Waals surface area contributed by atoms with Crippen molar-refractivity contribution in [3.63, 3.8) is 0 Å². The van der Waals surface area contributed by atoms with Crippen molar-refractivity contribution in [3.8, 4) is 11.5 Å². The number of phenols is 1. The number of amides is 1. The maximum Gasteiger partial charge on any atom is 0.224 e. The van der Waals surface area contributed by atoms with E-state index in [4.69, 9.17) is 4.74 Å². The van der Waals surface area contributed by atoms with Crippen LogP contribution in [-0.4, -0.2) is 18.1 Å². The van der Waals surface area contributed by atoms with Crippen molar-refractivity contribution in [2.24, 2.45) is 0 Å². The van der Waals surface area contributed by atoms with Gasteiger partial charge in [0.25, 0.3) is 0 Å². The number of nitrogens with one attached hydrogen (secondary N) is 1. The van der Waals surface area contributed by atoms with Gasteiger partial charge in [0, 0.05) is 18.2 Å². The molecule has 1 amide bonds. The van der Waals surface area contributed by atoms with E-state index in [2.05, 4.69) is 5.32 Å². The van der Waals surface area contributed by atoms with Crippen LogP contribution in [0, 0.1) is 0 Å². The number of aromatic hydroxyl groups is 1. The fourth-order valence-electron chi connectivity index (χ4n) is 1.89. The molecule has 2 N–H and O–H groups in total. The number of methoxy groups -OCH3 is 1. The predicted molar refractivity (Wildman–Crippen MR) is 78.1 cm³/mol. The molecule has 0 aromatic heterocycles. The molecule has 20 heavy (non-hydrogen) atoms. The third-order valence-corrected chi connectivity index (χ3v) is 2.97. The summed E-state index contributed by atoms with van der Waals surface area (Å²) < 4.78 is 5.10. The molecule has 0 bridgehead atoms. The molecule has 0 aliphatic rings. The number of carbonyl (C=O) groups is 1. The number of phenolic OH excluding ortho intramolecular Hbond substituents is 1. The van der Waals surface area contributed by atoms with Gasteiger partial charge in [-0.1, -0.05) is 24.3 Å². The third-order valence-electron chi connectivity index (χ3n) is 2.97. The maximum atomic E-state index is 11.9. The Bertz CT molecular complexity index is 596. The molecule has 4 nitrogen and oxygen atoms in total. The van der Waals surface area contributed by atoms with Gasteiger partial charge in [0.05, 0.1) is 7.11 Å². The molecular weight excluding hydrogens is 254 g/mol. The summed E-state index contributed by atoms with van der Waals surface area (Å²) in [5.41, 5.74) is 1.47. The Morgan fingerprint density at radius 3 is 2.75 bits per heavy atom. The molecular formula is C16H17NO3. The highest BCUT2D eigenvalue weighted by atomic mass is 16.5. The minimum Gasteiger partial charge on any atom is -0.508 e. The molecule has 0 unspecified atom stereocenters. The van der Waals surface area contributed by atoms with Crippen LogP contribution < -0.4 is 10.1 Å². The second-order valence-electron chi connectivity index (χ2n) is 4.41. The second kappa shape index (κ2) is 6.61. The zero-order valence-corrected chi connectivity index (χ0v) is 11.3. The van der Waals surface area contributed by atoms with Crippen molar-refractivity contribution in [2.75, 3.05) is 12.4 Å². The van der Waals surface area contributed by atoms with Crippen molar-refractivity contribution in [3.05, 3.63) is 54.1 Å². The summed E-state index contributed by atoms with van der Waals surface area (Å²) in [4.78, 5) is 11.9. The van der Waals surface area contributed by atoms with Gasteiger partial charge in [-0.05, 0) is 30.2 Å². The van der Waals surface area contributed by atoms with Gasteiger partial charge >= 0.3 is 0 Å². The summed E-state index contributed by atoms with van der Waals surface area (Å²) in [6, 6.07) is 14.2. The first-order valence-electron chi connectivity index (χ1n) is 6.40. The molecule has 0 aliphatic carbocycles. The number of aryl methyl sites for hydroxylation is 1. The lowest BCUT2D eigenvalue weighted by atomic mass is 10.1. The summed E-state index contributed by atoms with van der Waals surface area (Å²) in [5, 5.41) is 12.4. The Hall–Kier alpha value is -2.49. The molecule has 0 saturated heterocycles. The first kappa shape index (κ1) is 13.9. The zero-order chi connectivity index (χ0) is 14.4. The summed E-state index contributed by atoms with van der Waals surface area (Å²) in [5.74, 6) is 0.826. The van der Waals surface area contributed by atoms with Gasteiger partial charge in [0.1, 0.15) is 11.5 Å². The largest absolute Gasteiger partial charge is 0.508 e. The van der Waals surface area contributed by atoms with Crippen molar-refractivity contribution in [1.29, 1.82) is 0 Å². The van der Waals surface area contributed by atoms with Crippen LogP contribution in [0.3, 0.4) is 0 Å². The minimum absolute atomic E-state index is 0.0958. The van der Waals surface area contributed by atoms with Crippen LogP contribution in [0.4, 0.5) is 5.69 Å². The normalized spacial score (nSPS) is 10.1. The molecule has 0 aliphatic heterocycles. The lowest BCUT2D eigenvalue weighted by Crippen LogP contribution is -2.12. The highest BCUT2D eigenvalue weighted by Gasteiger charge is 2.06. The van der Waals surface area contributed by atoms with Gasteiger partial charge in [-0.25, -0.2) is 0 Å². The number of rotatable bonds is 5. The smallest absolute Gasteiger partial charge is 0.224 e. The molecule has 2 aromatic carbocycles. The van der Waals surface area contributed by atoms with Crippen LogP contribution in [0.5, 0.6) is 11.5 Å². The fraction of sp³-hybridized carbons (Fsp3) is 0.188. The Morgan fingerprint density at radius 1 is 1.20 bits per heavy atom. The van der Waals surface area contributed by atoms with Crippen molar-refractivity contribution in [1.82, 2.24) is 0 Å². The van der Waals surface area contributed by atoms with E-state index in [9.17, 15) is 9.90 Å². The van der Waals surface area contributed by atoms with Crippen molar-refractivity contribution in [2.45, 2.75) is 12.8 Å². The van der Waals surface area contributed by atoms with Crippen LogP contribution in [0.15, 0.2) is 48.5 Å². The van der Waals surface area contributed by atoms with E-state index in [1.165, 1.54) is 0 Å². The van der Waals surface area contributed by atoms with E-state index in [0.717, 1.165) is 5.56 Å². The highest BCUT2D eigenvalue weighted by molar-refractivity contribution is 5.91. The average Bonchev–Trinajstić information content (AvgIpc) is 2.46. The van der Waals surface area contributed by atoms with Crippen LogP contribution in [0.25, 0.3) is 0 Å². The predicted octanol–water partition coefficient (Wildman–Crippen LogP) is 2.97. The van der Waals surface area contributed by atoms with Gasteiger partial charge in [-0.15, -0.1) is 0 Å². The number of hydrogen-bond donors (Lipinski definition) is 2. The number of benzene rings is 2. The Balaban J connectivity index is 1.91. The lowest BCUT2D eigenvalue weighted by molar-refractivity contribution is -0.116. The molecule has 2 rings (SSSR count). The van der Waals surface area contributed by atoms with Crippen LogP contribution in [0.1, 0.15) is 12.0 Å². The highest BCUT2D eigenvalue weighted by Crippen LogP contribution is 2.19. The molecule has 0 radical (unpaired) electrons. The standard InChI is InChI=1S/C16H17NO3/c1-20-14-7-4-6-13(11-14)17-16(19)10-9-12-5-2-3-8-15(12)18/h2-8,11,18H,9-10H2,1H3,(H,17,19). The summed E-state index contributed by atoms with van der Waals surface area (Å²) >= 11 is 0. The number of hydrogen-bond acceptors (Lipinski definition) is 3. The molecule has 0 spiro atoms. The molecule has 4 heteroatoms. The van der Waals surface area contributed by atoms with Crippen LogP contribution >= 0.6 is 0 Å². The topological polar surface area (TPSA) is 58.6 Å². The van der Waals surface area contributed by atoms with Crippen LogP contribution in [0.2, 0.25) is 0 Å². The maximum absolute atomic E-state index is 11.9. The number of carbonyl (C=O) groups excluding carboxylic acids is 1. The lowest BCUT2D eigenvalue weighted by Gasteiger charge is -2.07. The Kier molecular flexibility index (Phi) is 4.60. The Labute approximate surface area is 118 Å². The summed E-state index contributed by atoms with van der Waals surface area (Å²) in [6.07, 6.45) is 0.817. The van der Waals surface area contributed by atoms with Gasteiger partial charge in [0.2, 0.25) is 5.91 Å². The van der Waals surface area contributed by atoms with Crippen LogP contribution in [-0.2, 0) is 11.2 Å². The van der Waals surface area contributed by atoms with E-state index < -0.39 is 0 Å². The monoisotopic (exact) mass is 271 g/mol. The molecule has 2 aromatic rings. The van der Waals surface area contributed by atoms with Crippen molar-refractivity contribution < 1.29 is 14.6 Å². The third kappa shape index (κ3) is 3.75. The second-order valence-corrected chi connectivity index (χ2v) is 4.41. The first-order chi connectivity index (χ1) is 9.69. The number of ether oxygens (including phenoxy) is 1.